The van der Waals surface area contributed by atoms with Gasteiger partial charge in [0.25, 0.3) is 0 Å². The predicted octanol–water partition coefficient (Wildman–Crippen LogP) is 5.25. The summed E-state index contributed by atoms with van der Waals surface area (Å²) in [5, 5.41) is 0. The van der Waals surface area contributed by atoms with Crippen LogP contribution < -0.4 is 0 Å². The maximum Gasteiger partial charge on any atom is 0.0174 e. The van der Waals surface area contributed by atoms with Crippen molar-refractivity contribution >= 4 is 0 Å². The molecule has 21 heavy (non-hydrogen) atoms. The molecule has 2 saturated carbocycles. The molecule has 1 nitrogen and oxygen atoms in total. The average Bonchev–Trinajstić information content (AvgIpc) is 2.78. The lowest BCUT2D eigenvalue weighted by Crippen LogP contribution is -2.38. The van der Waals surface area contributed by atoms with Crippen LogP contribution in [-0.4, -0.2) is 18.0 Å². The van der Waals surface area contributed by atoms with Crippen molar-refractivity contribution in [1.29, 1.82) is 0 Å². The van der Waals surface area contributed by atoms with E-state index in [0.29, 0.717) is 22.7 Å². The molecular formula is C20H33N. The number of piperidine rings is 1. The number of nitrogens with zero attached hydrogens (tertiary/aromatic N) is 1. The zero-order chi connectivity index (χ0) is 15.4. The molecule has 0 aromatic rings. The van der Waals surface area contributed by atoms with Gasteiger partial charge in [-0.2, -0.15) is 0 Å². The second-order valence-electron chi connectivity index (χ2n) is 8.67. The normalized spacial score (nSPS) is 41.3. The van der Waals surface area contributed by atoms with Crippen LogP contribution in [0.2, 0.25) is 0 Å². The second-order valence-corrected chi connectivity index (χ2v) is 8.67. The van der Waals surface area contributed by atoms with E-state index >= 15 is 0 Å². The Kier molecular flexibility index (Phi) is 3.54. The van der Waals surface area contributed by atoms with Gasteiger partial charge >= 0.3 is 0 Å². The molecule has 1 aliphatic heterocycles. The topological polar surface area (TPSA) is 3.24 Å². The van der Waals surface area contributed by atoms with Gasteiger partial charge in [-0.3, -0.25) is 0 Å². The first kappa shape index (κ1) is 15.2. The Morgan fingerprint density at radius 2 is 1.67 bits per heavy atom. The van der Waals surface area contributed by atoms with E-state index in [1.165, 1.54) is 56.5 Å². The van der Waals surface area contributed by atoms with E-state index in [-0.39, 0.29) is 0 Å². The minimum Gasteiger partial charge on any atom is -0.375 e. The third-order valence-electron chi connectivity index (χ3n) is 7.53. The van der Waals surface area contributed by atoms with E-state index in [4.69, 9.17) is 0 Å². The van der Waals surface area contributed by atoms with Crippen molar-refractivity contribution in [2.75, 3.05) is 13.1 Å². The average molecular weight is 287 g/mol. The maximum absolute atomic E-state index is 4.59. The van der Waals surface area contributed by atoms with E-state index in [9.17, 15) is 0 Å². The first-order chi connectivity index (χ1) is 9.80. The summed E-state index contributed by atoms with van der Waals surface area (Å²) in [6.45, 7) is 21.2. The van der Waals surface area contributed by atoms with Crippen LogP contribution in [0, 0.1) is 28.6 Å². The van der Waals surface area contributed by atoms with Crippen molar-refractivity contribution in [1.82, 2.24) is 4.90 Å². The van der Waals surface area contributed by atoms with Crippen LogP contribution >= 0.6 is 0 Å². The molecule has 1 saturated heterocycles. The SMILES string of the molecule is C=C(C)C1C(C(=C)N2CCCCC2)[C@@H]2CCC1(C)C2(C)C. The molecule has 0 aromatic heterocycles. The molecular weight excluding hydrogens is 254 g/mol. The molecule has 0 N–H and O–H groups in total. The fraction of sp³-hybridized carbons (Fsp3) is 0.800. The van der Waals surface area contributed by atoms with Crippen LogP contribution in [0.1, 0.15) is 59.8 Å². The van der Waals surface area contributed by atoms with E-state index in [1.54, 1.807) is 0 Å². The summed E-state index contributed by atoms with van der Waals surface area (Å²) in [6, 6.07) is 0. The molecule has 3 fully saturated rings. The number of fused-ring (bicyclic) bond motifs is 2. The summed E-state index contributed by atoms with van der Waals surface area (Å²) < 4.78 is 0. The Hall–Kier alpha value is -0.720. The van der Waals surface area contributed by atoms with Crippen molar-refractivity contribution in [2.45, 2.75) is 59.8 Å². The lowest BCUT2D eigenvalue weighted by molar-refractivity contribution is 0.114. The van der Waals surface area contributed by atoms with E-state index in [0.717, 1.165) is 5.92 Å². The highest BCUT2D eigenvalue weighted by molar-refractivity contribution is 5.27. The van der Waals surface area contributed by atoms with Crippen LogP contribution in [0.3, 0.4) is 0 Å². The van der Waals surface area contributed by atoms with Gasteiger partial charge < -0.3 is 4.90 Å². The van der Waals surface area contributed by atoms with Crippen molar-refractivity contribution in [3.63, 3.8) is 0 Å². The van der Waals surface area contributed by atoms with E-state index in [2.05, 4.69) is 45.8 Å². The smallest absolute Gasteiger partial charge is 0.0174 e. The van der Waals surface area contributed by atoms with Crippen molar-refractivity contribution < 1.29 is 0 Å². The van der Waals surface area contributed by atoms with E-state index < -0.39 is 0 Å². The highest BCUT2D eigenvalue weighted by Crippen LogP contribution is 2.72. The van der Waals surface area contributed by atoms with Gasteiger partial charge in [-0.25, -0.2) is 0 Å². The van der Waals surface area contributed by atoms with Gasteiger partial charge in [0.2, 0.25) is 0 Å². The van der Waals surface area contributed by atoms with Crippen LogP contribution in [0.25, 0.3) is 0 Å². The van der Waals surface area contributed by atoms with Gasteiger partial charge in [-0.1, -0.05) is 39.5 Å². The summed E-state index contributed by atoms with van der Waals surface area (Å²) in [4.78, 5) is 2.60. The fourth-order valence-corrected chi connectivity index (χ4v) is 6.04. The quantitative estimate of drug-likeness (QED) is 0.641. The Balaban J connectivity index is 1.93. The molecule has 2 aliphatic carbocycles. The molecule has 3 unspecified atom stereocenters. The van der Waals surface area contributed by atoms with Crippen LogP contribution in [0.4, 0.5) is 0 Å². The Morgan fingerprint density at radius 3 is 2.24 bits per heavy atom. The van der Waals surface area contributed by atoms with Gasteiger partial charge in [-0.05, 0) is 61.7 Å². The number of allylic oxidation sites excluding steroid dienone is 2. The molecule has 2 bridgehead atoms. The second kappa shape index (κ2) is 4.89. The maximum atomic E-state index is 4.59. The molecule has 118 valence electrons. The number of hydrogen-bond acceptors (Lipinski definition) is 1. The molecule has 0 spiro atoms. The van der Waals surface area contributed by atoms with Crippen LogP contribution in [-0.2, 0) is 0 Å². The summed E-state index contributed by atoms with van der Waals surface area (Å²) in [7, 11) is 0. The van der Waals surface area contributed by atoms with Crippen LogP contribution in [0.5, 0.6) is 0 Å². The van der Waals surface area contributed by atoms with Gasteiger partial charge in [0.1, 0.15) is 0 Å². The summed E-state index contributed by atoms with van der Waals surface area (Å²) >= 11 is 0. The molecule has 1 heterocycles. The molecule has 0 radical (unpaired) electrons. The number of rotatable bonds is 3. The molecule has 4 atom stereocenters. The van der Waals surface area contributed by atoms with Gasteiger partial charge in [0.15, 0.2) is 0 Å². The number of likely N-dealkylation sites (tertiary alicyclic amines) is 1. The summed E-state index contributed by atoms with van der Waals surface area (Å²) in [6.07, 6.45) is 6.82. The van der Waals surface area contributed by atoms with Gasteiger partial charge in [-0.15, -0.1) is 0 Å². The molecule has 3 aliphatic rings. The Morgan fingerprint density at radius 1 is 1.05 bits per heavy atom. The fourth-order valence-electron chi connectivity index (χ4n) is 6.04. The molecule has 0 amide bonds. The lowest BCUT2D eigenvalue weighted by Gasteiger charge is -2.43. The molecule has 1 heteroatoms. The largest absolute Gasteiger partial charge is 0.375 e. The van der Waals surface area contributed by atoms with Crippen molar-refractivity contribution in [3.8, 4) is 0 Å². The minimum atomic E-state index is 0.410. The predicted molar refractivity (Wildman–Crippen MR) is 91.0 cm³/mol. The van der Waals surface area contributed by atoms with Crippen LogP contribution in [0.15, 0.2) is 24.4 Å². The van der Waals surface area contributed by atoms with Crippen molar-refractivity contribution in [3.05, 3.63) is 24.4 Å². The molecule has 0 aromatic carbocycles. The molecule has 3 rings (SSSR count). The standard InChI is InChI=1S/C20H33N/c1-14(2)18-17(15(3)21-12-8-7-9-13-21)16-10-11-20(18,6)19(16,4)5/h16-18H,1,3,7-13H2,2,4-6H3/t16-,17?,18?,20?/m0/s1. The van der Waals surface area contributed by atoms with Gasteiger partial charge in [0, 0.05) is 24.7 Å². The third-order valence-corrected chi connectivity index (χ3v) is 7.53. The number of hydrogen-bond donors (Lipinski definition) is 0. The summed E-state index contributed by atoms with van der Waals surface area (Å²) in [5.74, 6) is 2.05. The minimum absolute atomic E-state index is 0.410. The van der Waals surface area contributed by atoms with E-state index in [1.807, 2.05) is 0 Å². The monoisotopic (exact) mass is 287 g/mol. The first-order valence-corrected chi connectivity index (χ1v) is 8.90. The Bertz CT molecular complexity index is 454. The Labute approximate surface area is 131 Å². The van der Waals surface area contributed by atoms with Crippen molar-refractivity contribution in [2.24, 2.45) is 28.6 Å². The first-order valence-electron chi connectivity index (χ1n) is 8.90. The van der Waals surface area contributed by atoms with Gasteiger partial charge in [0.05, 0.1) is 0 Å². The highest BCUT2D eigenvalue weighted by Gasteiger charge is 2.66. The lowest BCUT2D eigenvalue weighted by atomic mass is 9.64. The third kappa shape index (κ3) is 1.95. The zero-order valence-corrected chi connectivity index (χ0v) is 14.5. The highest BCUT2D eigenvalue weighted by atomic mass is 15.1. The summed E-state index contributed by atoms with van der Waals surface area (Å²) in [5.41, 5.74) is 3.65. The zero-order valence-electron chi connectivity index (χ0n) is 14.5.